The van der Waals surface area contributed by atoms with E-state index in [4.69, 9.17) is 5.73 Å². The lowest BCUT2D eigenvalue weighted by atomic mass is 10.1. The molecule has 0 aliphatic heterocycles. The molecule has 0 aromatic carbocycles. The van der Waals surface area contributed by atoms with Crippen LogP contribution in [0.25, 0.3) is 0 Å². The van der Waals surface area contributed by atoms with Crippen molar-refractivity contribution in [1.29, 1.82) is 0 Å². The molecule has 1 aliphatic rings. The molecule has 1 heterocycles. The largest absolute Gasteiger partial charge is 0.344 e. The van der Waals surface area contributed by atoms with Gasteiger partial charge in [-0.2, -0.15) is 0 Å². The fraction of sp³-hybridized carbons (Fsp3) is 0.700. The van der Waals surface area contributed by atoms with Crippen LogP contribution in [0, 0.1) is 5.92 Å². The third kappa shape index (κ3) is 1.75. The van der Waals surface area contributed by atoms with Gasteiger partial charge in [-0.25, -0.2) is 4.98 Å². The van der Waals surface area contributed by atoms with Crippen LogP contribution in [0.2, 0.25) is 0 Å². The van der Waals surface area contributed by atoms with Crippen molar-refractivity contribution < 1.29 is 0 Å². The molecule has 0 radical (unpaired) electrons. The third-order valence-corrected chi connectivity index (χ3v) is 2.68. The van der Waals surface area contributed by atoms with Crippen molar-refractivity contribution in [3.8, 4) is 0 Å². The monoisotopic (exact) mass is 179 g/mol. The average Bonchev–Trinajstić information content (AvgIpc) is 2.81. The Hall–Kier alpha value is -0.830. The molecule has 2 rings (SSSR count). The normalized spacial score (nSPS) is 19.4. The second-order valence-electron chi connectivity index (χ2n) is 4.24. The van der Waals surface area contributed by atoms with Crippen LogP contribution in [-0.2, 0) is 0 Å². The van der Waals surface area contributed by atoms with Gasteiger partial charge in [0.15, 0.2) is 0 Å². The number of hydrogen-bond donors (Lipinski definition) is 2. The zero-order valence-electron chi connectivity index (χ0n) is 8.25. The first-order valence-electron chi connectivity index (χ1n) is 4.99. The Balaban J connectivity index is 2.11. The topological polar surface area (TPSA) is 54.7 Å². The molecule has 72 valence electrons. The molecule has 0 unspecified atom stereocenters. The highest BCUT2D eigenvalue weighted by atomic mass is 15.0. The van der Waals surface area contributed by atoms with Crippen molar-refractivity contribution in [3.05, 3.63) is 17.7 Å². The maximum Gasteiger partial charge on any atom is 0.123 e. The van der Waals surface area contributed by atoms with E-state index < -0.39 is 0 Å². The van der Waals surface area contributed by atoms with E-state index in [0.717, 1.165) is 5.82 Å². The number of aromatic nitrogens is 2. The second-order valence-corrected chi connectivity index (χ2v) is 4.24. The molecule has 1 aromatic heterocycles. The molecule has 0 saturated heterocycles. The molecule has 1 aromatic rings. The van der Waals surface area contributed by atoms with Gasteiger partial charge in [0.1, 0.15) is 5.82 Å². The van der Waals surface area contributed by atoms with Gasteiger partial charge in [-0.1, -0.05) is 13.8 Å². The smallest absolute Gasteiger partial charge is 0.123 e. The summed E-state index contributed by atoms with van der Waals surface area (Å²) in [6.07, 6.45) is 4.43. The molecule has 1 fully saturated rings. The van der Waals surface area contributed by atoms with Crippen molar-refractivity contribution in [2.75, 3.05) is 0 Å². The molecule has 1 saturated carbocycles. The van der Waals surface area contributed by atoms with Gasteiger partial charge < -0.3 is 10.7 Å². The van der Waals surface area contributed by atoms with Gasteiger partial charge in [0, 0.05) is 11.9 Å². The first kappa shape index (κ1) is 8.75. The van der Waals surface area contributed by atoms with Crippen LogP contribution in [-0.4, -0.2) is 9.97 Å². The number of nitrogens with two attached hydrogens (primary N) is 1. The predicted molar refractivity (Wildman–Crippen MR) is 52.3 cm³/mol. The van der Waals surface area contributed by atoms with E-state index in [9.17, 15) is 0 Å². The summed E-state index contributed by atoms with van der Waals surface area (Å²) in [6.45, 7) is 4.31. The zero-order valence-corrected chi connectivity index (χ0v) is 8.25. The minimum atomic E-state index is 0.132. The molecule has 3 N–H and O–H groups in total. The summed E-state index contributed by atoms with van der Waals surface area (Å²) in [6, 6.07) is 0.132. The minimum Gasteiger partial charge on any atom is -0.344 e. The Morgan fingerprint density at radius 3 is 2.69 bits per heavy atom. The number of rotatable bonds is 3. The molecule has 1 aliphatic carbocycles. The Morgan fingerprint density at radius 1 is 1.54 bits per heavy atom. The Morgan fingerprint density at radius 2 is 2.23 bits per heavy atom. The molecule has 3 nitrogen and oxygen atoms in total. The molecule has 1 atom stereocenters. The van der Waals surface area contributed by atoms with Gasteiger partial charge >= 0.3 is 0 Å². The van der Waals surface area contributed by atoms with Crippen LogP contribution in [0.1, 0.15) is 50.2 Å². The van der Waals surface area contributed by atoms with Gasteiger partial charge in [-0.15, -0.1) is 0 Å². The standard InChI is InChI=1S/C10H17N3/c1-6(2)8-5-12-10(13-8)9(11)7-3-4-7/h5-7,9H,3-4,11H2,1-2H3,(H,12,13)/t9-/m1/s1. The molecular weight excluding hydrogens is 162 g/mol. The van der Waals surface area contributed by atoms with Crippen LogP contribution < -0.4 is 5.73 Å². The lowest BCUT2D eigenvalue weighted by Gasteiger charge is -2.06. The first-order valence-corrected chi connectivity index (χ1v) is 4.99. The summed E-state index contributed by atoms with van der Waals surface area (Å²) in [7, 11) is 0. The van der Waals surface area contributed by atoms with Crippen molar-refractivity contribution >= 4 is 0 Å². The maximum atomic E-state index is 6.02. The highest BCUT2D eigenvalue weighted by molar-refractivity contribution is 5.10. The van der Waals surface area contributed by atoms with Gasteiger partial charge in [-0.05, 0) is 24.7 Å². The van der Waals surface area contributed by atoms with Gasteiger partial charge in [-0.3, -0.25) is 0 Å². The molecular formula is C10H17N3. The zero-order chi connectivity index (χ0) is 9.42. The van der Waals surface area contributed by atoms with E-state index in [0.29, 0.717) is 11.8 Å². The number of nitrogens with one attached hydrogen (secondary N) is 1. The first-order chi connectivity index (χ1) is 6.18. The number of nitrogens with zero attached hydrogens (tertiary/aromatic N) is 1. The van der Waals surface area contributed by atoms with Crippen molar-refractivity contribution in [2.24, 2.45) is 11.7 Å². The number of imidazole rings is 1. The van der Waals surface area contributed by atoms with Crippen LogP contribution in [0.15, 0.2) is 6.20 Å². The maximum absolute atomic E-state index is 6.02. The molecule has 3 heteroatoms. The van der Waals surface area contributed by atoms with Crippen molar-refractivity contribution in [3.63, 3.8) is 0 Å². The summed E-state index contributed by atoms with van der Waals surface area (Å²) in [5.41, 5.74) is 7.21. The lowest BCUT2D eigenvalue weighted by Crippen LogP contribution is -2.14. The van der Waals surface area contributed by atoms with Gasteiger partial charge in [0.2, 0.25) is 0 Å². The summed E-state index contributed by atoms with van der Waals surface area (Å²) < 4.78 is 0. The summed E-state index contributed by atoms with van der Waals surface area (Å²) in [4.78, 5) is 7.62. The van der Waals surface area contributed by atoms with E-state index in [1.165, 1.54) is 18.5 Å². The van der Waals surface area contributed by atoms with E-state index in [2.05, 4.69) is 23.8 Å². The van der Waals surface area contributed by atoms with Gasteiger partial charge in [0.05, 0.1) is 6.04 Å². The molecule has 0 amide bonds. The number of aromatic amines is 1. The van der Waals surface area contributed by atoms with E-state index in [-0.39, 0.29) is 6.04 Å². The van der Waals surface area contributed by atoms with E-state index in [1.54, 1.807) is 0 Å². The average molecular weight is 179 g/mol. The SMILES string of the molecule is CC(C)c1cnc([C@H](N)C2CC2)[nH]1. The highest BCUT2D eigenvalue weighted by Crippen LogP contribution is 2.38. The van der Waals surface area contributed by atoms with Crippen LogP contribution in [0.5, 0.6) is 0 Å². The summed E-state index contributed by atoms with van der Waals surface area (Å²) in [5.74, 6) is 2.14. The quantitative estimate of drug-likeness (QED) is 0.745. The second kappa shape index (κ2) is 3.14. The summed E-state index contributed by atoms with van der Waals surface area (Å²) in [5, 5.41) is 0. The molecule has 0 spiro atoms. The van der Waals surface area contributed by atoms with E-state index >= 15 is 0 Å². The van der Waals surface area contributed by atoms with Crippen molar-refractivity contribution in [2.45, 2.75) is 38.6 Å². The molecule has 13 heavy (non-hydrogen) atoms. The minimum absolute atomic E-state index is 0.132. The Bertz CT molecular complexity index is 286. The fourth-order valence-corrected chi connectivity index (χ4v) is 1.49. The summed E-state index contributed by atoms with van der Waals surface area (Å²) >= 11 is 0. The third-order valence-electron chi connectivity index (χ3n) is 2.68. The Labute approximate surface area is 78.7 Å². The van der Waals surface area contributed by atoms with E-state index in [1.807, 2.05) is 6.20 Å². The van der Waals surface area contributed by atoms with Crippen LogP contribution >= 0.6 is 0 Å². The van der Waals surface area contributed by atoms with Crippen molar-refractivity contribution in [1.82, 2.24) is 9.97 Å². The lowest BCUT2D eigenvalue weighted by molar-refractivity contribution is 0.598. The predicted octanol–water partition coefficient (Wildman–Crippen LogP) is 1.94. The van der Waals surface area contributed by atoms with Crippen LogP contribution in [0.4, 0.5) is 0 Å². The van der Waals surface area contributed by atoms with Gasteiger partial charge in [0.25, 0.3) is 0 Å². The number of hydrogen-bond acceptors (Lipinski definition) is 2. The van der Waals surface area contributed by atoms with Crippen LogP contribution in [0.3, 0.4) is 0 Å². The highest BCUT2D eigenvalue weighted by Gasteiger charge is 2.31. The molecule has 0 bridgehead atoms. The Kier molecular flexibility index (Phi) is 2.12. The fourth-order valence-electron chi connectivity index (χ4n) is 1.49. The number of H-pyrrole nitrogens is 1.